The van der Waals surface area contributed by atoms with Crippen LogP contribution < -0.4 is 5.56 Å². The fraction of sp³-hybridized carbons (Fsp3) is 0.278. The maximum absolute atomic E-state index is 12.8. The third-order valence-corrected chi connectivity index (χ3v) is 7.71. The summed E-state index contributed by atoms with van der Waals surface area (Å²) in [6.07, 6.45) is 3.23. The van der Waals surface area contributed by atoms with Gasteiger partial charge in [0.05, 0.1) is 16.0 Å². The Morgan fingerprint density at radius 2 is 2.31 bits per heavy atom. The quantitative estimate of drug-likeness (QED) is 0.372. The van der Waals surface area contributed by atoms with Gasteiger partial charge in [-0.3, -0.25) is 9.36 Å². The normalized spacial score (nSPS) is 13.6. The molecule has 0 aromatic carbocycles. The summed E-state index contributed by atoms with van der Waals surface area (Å²) in [5.41, 5.74) is 2.14. The van der Waals surface area contributed by atoms with Gasteiger partial charge >= 0.3 is 0 Å². The van der Waals surface area contributed by atoms with Crippen molar-refractivity contribution in [2.75, 3.05) is 0 Å². The smallest absolute Gasteiger partial charge is 0.262 e. The molecule has 4 heterocycles. The average molecular weight is 402 g/mol. The molecule has 4 aromatic rings. The highest BCUT2D eigenvalue weighted by atomic mass is 32.2. The Labute approximate surface area is 161 Å². The van der Waals surface area contributed by atoms with Gasteiger partial charge in [0.15, 0.2) is 10.9 Å². The lowest BCUT2D eigenvalue weighted by Gasteiger charge is -2.06. The molecule has 0 fully saturated rings. The Kier molecular flexibility index (Phi) is 3.99. The third kappa shape index (κ3) is 2.64. The van der Waals surface area contributed by atoms with Crippen molar-refractivity contribution < 1.29 is 4.52 Å². The van der Waals surface area contributed by atoms with Crippen molar-refractivity contribution in [2.45, 2.75) is 30.2 Å². The minimum atomic E-state index is 0.0660. The van der Waals surface area contributed by atoms with E-state index >= 15 is 0 Å². The fourth-order valence-corrected chi connectivity index (χ4v) is 6.12. The summed E-state index contributed by atoms with van der Waals surface area (Å²) in [5.74, 6) is 1.40. The Bertz CT molecular complexity index is 1150. The zero-order valence-electron chi connectivity index (χ0n) is 14.0. The number of fused-ring (bicyclic) bond motifs is 3. The van der Waals surface area contributed by atoms with E-state index < -0.39 is 0 Å². The minimum absolute atomic E-state index is 0.0660. The molecule has 0 aliphatic heterocycles. The van der Waals surface area contributed by atoms with Gasteiger partial charge in [-0.25, -0.2) is 4.98 Å². The van der Waals surface area contributed by atoms with Crippen molar-refractivity contribution in [1.29, 1.82) is 0 Å². The van der Waals surface area contributed by atoms with Crippen LogP contribution in [0.25, 0.3) is 20.9 Å². The van der Waals surface area contributed by atoms with Crippen LogP contribution in [-0.4, -0.2) is 14.7 Å². The van der Waals surface area contributed by atoms with Gasteiger partial charge in [0.25, 0.3) is 5.56 Å². The van der Waals surface area contributed by atoms with E-state index in [1.54, 1.807) is 34.3 Å². The summed E-state index contributed by atoms with van der Waals surface area (Å²) in [4.78, 5) is 20.9. The summed E-state index contributed by atoms with van der Waals surface area (Å²) in [7, 11) is 1.80. The van der Waals surface area contributed by atoms with Crippen molar-refractivity contribution >= 4 is 44.7 Å². The Hall–Kier alpha value is -1.90. The van der Waals surface area contributed by atoms with E-state index in [2.05, 4.69) is 5.16 Å². The van der Waals surface area contributed by atoms with Crippen LogP contribution in [0, 0.1) is 0 Å². The standard InChI is InChI=1S/C18H15N3O2S3/c1-21-17(22)15-11-4-2-5-13(11)26-16(15)19-18(21)25-9-10-8-12(23-20-10)14-6-3-7-24-14/h3,6-8H,2,4-5,9H2,1H3. The zero-order chi connectivity index (χ0) is 17.7. The van der Waals surface area contributed by atoms with Crippen molar-refractivity contribution in [1.82, 2.24) is 14.7 Å². The maximum Gasteiger partial charge on any atom is 0.262 e. The van der Waals surface area contributed by atoms with Gasteiger partial charge < -0.3 is 4.52 Å². The van der Waals surface area contributed by atoms with Crippen molar-refractivity contribution in [3.63, 3.8) is 0 Å². The van der Waals surface area contributed by atoms with Crippen LogP contribution in [0.2, 0.25) is 0 Å². The summed E-state index contributed by atoms with van der Waals surface area (Å²) < 4.78 is 7.09. The molecule has 0 unspecified atom stereocenters. The highest BCUT2D eigenvalue weighted by molar-refractivity contribution is 7.98. The first-order valence-electron chi connectivity index (χ1n) is 8.34. The van der Waals surface area contributed by atoms with E-state index in [1.165, 1.54) is 22.2 Å². The van der Waals surface area contributed by atoms with Crippen molar-refractivity contribution in [3.8, 4) is 10.6 Å². The lowest BCUT2D eigenvalue weighted by molar-refractivity contribution is 0.427. The van der Waals surface area contributed by atoms with Gasteiger partial charge in [-0.2, -0.15) is 0 Å². The van der Waals surface area contributed by atoms with Gasteiger partial charge in [0.2, 0.25) is 0 Å². The van der Waals surface area contributed by atoms with E-state index in [9.17, 15) is 4.79 Å². The first-order chi connectivity index (χ1) is 12.7. The van der Waals surface area contributed by atoms with E-state index in [0.29, 0.717) is 5.75 Å². The molecule has 0 radical (unpaired) electrons. The van der Waals surface area contributed by atoms with Gasteiger partial charge in [-0.1, -0.05) is 23.0 Å². The lowest BCUT2D eigenvalue weighted by Crippen LogP contribution is -2.20. The molecule has 8 heteroatoms. The number of aryl methyl sites for hydroxylation is 2. The second-order valence-corrected chi connectivity index (χ2v) is 9.22. The Morgan fingerprint density at radius 3 is 3.15 bits per heavy atom. The number of aromatic nitrogens is 3. The van der Waals surface area contributed by atoms with Crippen LogP contribution in [-0.2, 0) is 25.6 Å². The molecule has 26 heavy (non-hydrogen) atoms. The number of thioether (sulfide) groups is 1. The number of nitrogens with zero attached hydrogens (tertiary/aromatic N) is 3. The van der Waals surface area contributed by atoms with Crippen LogP contribution in [0.3, 0.4) is 0 Å². The largest absolute Gasteiger partial charge is 0.355 e. The van der Waals surface area contributed by atoms with Crippen LogP contribution >= 0.6 is 34.4 Å². The van der Waals surface area contributed by atoms with Crippen molar-refractivity contribution in [3.05, 3.63) is 50.1 Å². The fourth-order valence-electron chi connectivity index (χ4n) is 3.29. The maximum atomic E-state index is 12.8. The molecule has 5 rings (SSSR count). The predicted octanol–water partition coefficient (Wildman–Crippen LogP) is 4.49. The number of hydrogen-bond donors (Lipinski definition) is 0. The number of thiophene rings is 2. The molecule has 0 saturated heterocycles. The summed E-state index contributed by atoms with van der Waals surface area (Å²) >= 11 is 4.82. The van der Waals surface area contributed by atoms with E-state index in [1.807, 2.05) is 23.6 Å². The average Bonchev–Trinajstić information content (AvgIpc) is 3.40. The molecule has 0 amide bonds. The molecule has 5 nitrogen and oxygen atoms in total. The second kappa shape index (κ2) is 6.37. The van der Waals surface area contributed by atoms with E-state index in [4.69, 9.17) is 9.51 Å². The van der Waals surface area contributed by atoms with Crippen molar-refractivity contribution in [2.24, 2.45) is 7.05 Å². The summed E-state index contributed by atoms with van der Waals surface area (Å²) in [6, 6.07) is 5.96. The molecule has 0 N–H and O–H groups in total. The summed E-state index contributed by atoms with van der Waals surface area (Å²) in [5, 5.41) is 7.71. The minimum Gasteiger partial charge on any atom is -0.355 e. The molecule has 132 valence electrons. The third-order valence-electron chi connectivity index (χ3n) is 4.58. The first-order valence-corrected chi connectivity index (χ1v) is 11.0. The molecule has 0 saturated carbocycles. The zero-order valence-corrected chi connectivity index (χ0v) is 16.5. The van der Waals surface area contributed by atoms with E-state index in [-0.39, 0.29) is 5.56 Å². The molecule has 1 aliphatic carbocycles. The molecule has 0 atom stereocenters. The van der Waals surface area contributed by atoms with E-state index in [0.717, 1.165) is 51.0 Å². The predicted molar refractivity (Wildman–Crippen MR) is 106 cm³/mol. The molecule has 0 spiro atoms. The first kappa shape index (κ1) is 16.3. The highest BCUT2D eigenvalue weighted by Gasteiger charge is 2.22. The van der Waals surface area contributed by atoms with Gasteiger partial charge in [0.1, 0.15) is 4.83 Å². The van der Waals surface area contributed by atoms with Crippen LogP contribution in [0.4, 0.5) is 0 Å². The highest BCUT2D eigenvalue weighted by Crippen LogP contribution is 2.36. The molecular weight excluding hydrogens is 386 g/mol. The molecule has 1 aliphatic rings. The SMILES string of the molecule is Cn1c(SCc2cc(-c3cccs3)on2)nc2sc3c(c2c1=O)CCC3. The number of rotatable bonds is 4. The Balaban J connectivity index is 1.43. The van der Waals surface area contributed by atoms with Gasteiger partial charge in [0, 0.05) is 23.7 Å². The number of hydrogen-bond acceptors (Lipinski definition) is 7. The monoisotopic (exact) mass is 401 g/mol. The van der Waals surface area contributed by atoms with Gasteiger partial charge in [-0.15, -0.1) is 22.7 Å². The van der Waals surface area contributed by atoms with Crippen LogP contribution in [0.1, 0.15) is 22.6 Å². The van der Waals surface area contributed by atoms with Crippen LogP contribution in [0.15, 0.2) is 38.1 Å². The lowest BCUT2D eigenvalue weighted by atomic mass is 10.2. The molecular formula is C18H15N3O2S3. The van der Waals surface area contributed by atoms with Crippen LogP contribution in [0.5, 0.6) is 0 Å². The van der Waals surface area contributed by atoms with Gasteiger partial charge in [-0.05, 0) is 36.3 Å². The Morgan fingerprint density at radius 1 is 1.38 bits per heavy atom. The summed E-state index contributed by atoms with van der Waals surface area (Å²) in [6.45, 7) is 0. The topological polar surface area (TPSA) is 60.9 Å². The molecule has 0 bridgehead atoms. The molecule has 4 aromatic heterocycles. The second-order valence-electron chi connectivity index (χ2n) is 6.24.